The molecule has 0 saturated carbocycles. The lowest BCUT2D eigenvalue weighted by molar-refractivity contribution is -0.116. The van der Waals surface area contributed by atoms with Gasteiger partial charge in [0.25, 0.3) is 0 Å². The van der Waals surface area contributed by atoms with Crippen LogP contribution >= 0.6 is 0 Å². The summed E-state index contributed by atoms with van der Waals surface area (Å²) in [6.07, 6.45) is 3.44. The first-order valence-corrected chi connectivity index (χ1v) is 8.12. The molecular weight excluding hydrogens is 308 g/mol. The van der Waals surface area contributed by atoms with Gasteiger partial charge in [0.1, 0.15) is 5.52 Å². The Bertz CT molecular complexity index is 837. The number of nitrogens with one attached hydrogen (secondary N) is 1. The van der Waals surface area contributed by atoms with Crippen LogP contribution in [0, 0.1) is 6.92 Å². The lowest BCUT2D eigenvalue weighted by atomic mass is 10.2. The molecule has 0 atom stereocenters. The zero-order valence-corrected chi connectivity index (χ0v) is 13.8. The first-order chi connectivity index (χ1) is 11.6. The largest absolute Gasteiger partial charge is 0.441 e. The Hall–Kier alpha value is -2.70. The van der Waals surface area contributed by atoms with E-state index in [0.29, 0.717) is 42.3 Å². The van der Waals surface area contributed by atoms with Crippen molar-refractivity contribution in [1.29, 1.82) is 0 Å². The molecule has 0 aliphatic carbocycles. The minimum Gasteiger partial charge on any atom is -0.441 e. The quantitative estimate of drug-likeness (QED) is 0.714. The second kappa shape index (κ2) is 7.25. The van der Waals surface area contributed by atoms with Crippen molar-refractivity contribution in [3.8, 4) is 0 Å². The van der Waals surface area contributed by atoms with Crippen molar-refractivity contribution in [1.82, 2.24) is 15.1 Å². The summed E-state index contributed by atoms with van der Waals surface area (Å²) in [5.74, 6) is 1.87. The topological polar surface area (TPSA) is 94.1 Å². The summed E-state index contributed by atoms with van der Waals surface area (Å²) in [6.45, 7) is 3.86. The highest BCUT2D eigenvalue weighted by Crippen LogP contribution is 2.20. The van der Waals surface area contributed by atoms with Gasteiger partial charge in [-0.1, -0.05) is 12.1 Å². The molecule has 0 spiro atoms. The van der Waals surface area contributed by atoms with E-state index in [-0.39, 0.29) is 5.91 Å². The van der Waals surface area contributed by atoms with Crippen LogP contribution in [0.4, 0.5) is 5.69 Å². The third-order valence-corrected chi connectivity index (χ3v) is 3.56. The van der Waals surface area contributed by atoms with E-state index in [1.165, 1.54) is 0 Å². The number of amides is 1. The van der Waals surface area contributed by atoms with Gasteiger partial charge in [0.05, 0.1) is 0 Å². The number of benzene rings is 1. The lowest BCUT2D eigenvalue weighted by Gasteiger charge is -2.04. The summed E-state index contributed by atoms with van der Waals surface area (Å²) in [5, 5.41) is 6.76. The lowest BCUT2D eigenvalue weighted by Crippen LogP contribution is -2.11. The van der Waals surface area contributed by atoms with E-state index < -0.39 is 0 Å². The Morgan fingerprint density at radius 2 is 2.12 bits per heavy atom. The fourth-order valence-electron chi connectivity index (χ4n) is 2.46. The zero-order chi connectivity index (χ0) is 16.9. The molecule has 7 heteroatoms. The highest BCUT2D eigenvalue weighted by Gasteiger charge is 2.09. The molecule has 24 heavy (non-hydrogen) atoms. The summed E-state index contributed by atoms with van der Waals surface area (Å²) in [5.41, 5.74) is 2.15. The monoisotopic (exact) mass is 328 g/mol. The van der Waals surface area contributed by atoms with Crippen molar-refractivity contribution in [3.05, 3.63) is 35.8 Å². The number of aromatic nitrogens is 3. The zero-order valence-electron chi connectivity index (χ0n) is 13.8. The molecule has 2 heterocycles. The van der Waals surface area contributed by atoms with E-state index in [9.17, 15) is 4.79 Å². The van der Waals surface area contributed by atoms with Crippen molar-refractivity contribution in [3.63, 3.8) is 0 Å². The molecule has 1 aromatic carbocycles. The Morgan fingerprint density at radius 1 is 1.25 bits per heavy atom. The Kier molecular flexibility index (Phi) is 4.88. The van der Waals surface area contributed by atoms with Crippen molar-refractivity contribution < 1.29 is 13.7 Å². The number of aryl methyl sites for hydroxylation is 3. The molecule has 0 radical (unpaired) electrons. The van der Waals surface area contributed by atoms with Gasteiger partial charge in [-0.2, -0.15) is 4.98 Å². The molecule has 126 valence electrons. The third kappa shape index (κ3) is 3.98. The predicted octanol–water partition coefficient (Wildman–Crippen LogP) is 3.43. The minimum atomic E-state index is -0.0566. The van der Waals surface area contributed by atoms with Crippen LogP contribution in [-0.2, 0) is 17.6 Å². The maximum absolute atomic E-state index is 12.0. The van der Waals surface area contributed by atoms with Crippen molar-refractivity contribution in [2.45, 2.75) is 46.0 Å². The fraction of sp³-hybridized carbons (Fsp3) is 0.412. The van der Waals surface area contributed by atoms with Crippen LogP contribution in [0.25, 0.3) is 11.1 Å². The highest BCUT2D eigenvalue weighted by molar-refractivity contribution is 5.92. The van der Waals surface area contributed by atoms with Crippen LogP contribution in [0.1, 0.15) is 43.8 Å². The highest BCUT2D eigenvalue weighted by atomic mass is 16.5. The predicted molar refractivity (Wildman–Crippen MR) is 88.6 cm³/mol. The third-order valence-electron chi connectivity index (χ3n) is 3.56. The van der Waals surface area contributed by atoms with E-state index in [2.05, 4.69) is 27.4 Å². The van der Waals surface area contributed by atoms with Gasteiger partial charge in [-0.05, 0) is 25.0 Å². The molecular formula is C17H20N4O3. The molecule has 1 amide bonds. The van der Waals surface area contributed by atoms with E-state index in [1.54, 1.807) is 13.0 Å². The maximum Gasteiger partial charge on any atom is 0.226 e. The Labute approximate surface area is 139 Å². The second-order valence-electron chi connectivity index (χ2n) is 5.67. The van der Waals surface area contributed by atoms with Gasteiger partial charge < -0.3 is 14.3 Å². The van der Waals surface area contributed by atoms with Crippen molar-refractivity contribution >= 4 is 22.7 Å². The number of rotatable bonds is 7. The molecule has 0 fully saturated rings. The summed E-state index contributed by atoms with van der Waals surface area (Å²) in [4.78, 5) is 20.5. The van der Waals surface area contributed by atoms with Crippen LogP contribution in [0.15, 0.2) is 27.1 Å². The van der Waals surface area contributed by atoms with Crippen molar-refractivity contribution in [2.75, 3.05) is 5.32 Å². The number of nitrogens with zero attached hydrogens (tertiary/aromatic N) is 3. The van der Waals surface area contributed by atoms with E-state index in [4.69, 9.17) is 8.94 Å². The molecule has 1 N–H and O–H groups in total. The van der Waals surface area contributed by atoms with Crippen LogP contribution in [0.3, 0.4) is 0 Å². The van der Waals surface area contributed by atoms with Gasteiger partial charge in [0.15, 0.2) is 17.3 Å². The molecule has 0 aliphatic heterocycles. The first-order valence-electron chi connectivity index (χ1n) is 8.12. The molecule has 7 nitrogen and oxygen atoms in total. The van der Waals surface area contributed by atoms with Crippen LogP contribution in [-0.4, -0.2) is 21.0 Å². The van der Waals surface area contributed by atoms with Gasteiger partial charge in [0.2, 0.25) is 11.8 Å². The minimum absolute atomic E-state index is 0.0566. The maximum atomic E-state index is 12.0. The van der Waals surface area contributed by atoms with Crippen LogP contribution in [0.2, 0.25) is 0 Å². The molecule has 0 aliphatic rings. The van der Waals surface area contributed by atoms with Gasteiger partial charge in [-0.3, -0.25) is 4.79 Å². The average Bonchev–Trinajstić information content (AvgIpc) is 3.13. The van der Waals surface area contributed by atoms with E-state index in [0.717, 1.165) is 24.2 Å². The number of oxazole rings is 1. The number of anilines is 1. The van der Waals surface area contributed by atoms with Gasteiger partial charge in [-0.15, -0.1) is 0 Å². The summed E-state index contributed by atoms with van der Waals surface area (Å²) in [6, 6.07) is 5.43. The van der Waals surface area contributed by atoms with Gasteiger partial charge in [-0.25, -0.2) is 4.98 Å². The molecule has 2 aromatic heterocycles. The first kappa shape index (κ1) is 16.2. The normalized spacial score (nSPS) is 11.1. The SMILES string of the molecule is CCCc1noc(CCCC(=O)Nc2ccc3nc(C)oc3c2)n1. The fourth-order valence-corrected chi connectivity index (χ4v) is 2.46. The Balaban J connectivity index is 1.49. The number of hydrogen-bond acceptors (Lipinski definition) is 6. The molecule has 3 rings (SSSR count). The average molecular weight is 328 g/mol. The molecule has 0 bridgehead atoms. The van der Waals surface area contributed by atoms with Crippen LogP contribution in [0.5, 0.6) is 0 Å². The summed E-state index contributed by atoms with van der Waals surface area (Å²) < 4.78 is 10.6. The van der Waals surface area contributed by atoms with Gasteiger partial charge in [0, 0.05) is 37.9 Å². The smallest absolute Gasteiger partial charge is 0.226 e. The number of hydrogen-bond donors (Lipinski definition) is 1. The van der Waals surface area contributed by atoms with Crippen LogP contribution < -0.4 is 5.32 Å². The Morgan fingerprint density at radius 3 is 2.96 bits per heavy atom. The second-order valence-corrected chi connectivity index (χ2v) is 5.67. The summed E-state index contributed by atoms with van der Waals surface area (Å²) in [7, 11) is 0. The number of fused-ring (bicyclic) bond motifs is 1. The van der Waals surface area contributed by atoms with E-state index in [1.807, 2.05) is 12.1 Å². The molecule has 0 unspecified atom stereocenters. The van der Waals surface area contributed by atoms with Gasteiger partial charge >= 0.3 is 0 Å². The number of carbonyl (C=O) groups excluding carboxylic acids is 1. The standard InChI is InChI=1S/C17H20N4O3/c1-3-5-15-20-17(24-21-15)7-4-6-16(22)19-12-8-9-13-14(10-12)23-11(2)18-13/h8-10H,3-7H2,1-2H3,(H,19,22). The molecule has 3 aromatic rings. The summed E-state index contributed by atoms with van der Waals surface area (Å²) >= 11 is 0. The van der Waals surface area contributed by atoms with Crippen molar-refractivity contribution in [2.24, 2.45) is 0 Å². The van der Waals surface area contributed by atoms with E-state index >= 15 is 0 Å². The number of carbonyl (C=O) groups is 1. The molecule has 0 saturated heterocycles.